The minimum atomic E-state index is 0.567. The van der Waals surface area contributed by atoms with E-state index in [2.05, 4.69) is 23.4 Å². The zero-order valence-electron chi connectivity index (χ0n) is 8.07. The first-order valence-electron chi connectivity index (χ1n) is 4.80. The van der Waals surface area contributed by atoms with E-state index in [0.29, 0.717) is 11.9 Å². The average molecular weight is 199 g/mol. The lowest BCUT2D eigenvalue weighted by Gasteiger charge is -2.42. The highest BCUT2D eigenvalue weighted by Crippen LogP contribution is 2.43. The number of nitrogens with zero attached hydrogens (tertiary/aromatic N) is 2. The zero-order valence-corrected chi connectivity index (χ0v) is 8.83. The van der Waals surface area contributed by atoms with Crippen LogP contribution < -0.4 is 0 Å². The number of hydrogen-bond acceptors (Lipinski definition) is 1. The van der Waals surface area contributed by atoms with Gasteiger partial charge in [-0.05, 0) is 18.3 Å². The fourth-order valence-electron chi connectivity index (χ4n) is 2.09. The second kappa shape index (κ2) is 3.33. The first-order chi connectivity index (χ1) is 6.24. The van der Waals surface area contributed by atoms with Gasteiger partial charge in [-0.15, -0.1) is 11.6 Å². The van der Waals surface area contributed by atoms with Gasteiger partial charge < -0.3 is 4.57 Å². The molecule has 3 atom stereocenters. The van der Waals surface area contributed by atoms with Crippen molar-refractivity contribution in [1.82, 2.24) is 9.55 Å². The van der Waals surface area contributed by atoms with E-state index in [9.17, 15) is 0 Å². The lowest BCUT2D eigenvalue weighted by atomic mass is 9.71. The predicted octanol–water partition coefficient (Wildman–Crippen LogP) is 2.84. The third kappa shape index (κ3) is 1.37. The van der Waals surface area contributed by atoms with Crippen LogP contribution in [0.3, 0.4) is 0 Å². The van der Waals surface area contributed by atoms with Gasteiger partial charge in [0, 0.05) is 12.2 Å². The first kappa shape index (κ1) is 9.07. The van der Waals surface area contributed by atoms with E-state index >= 15 is 0 Å². The highest BCUT2D eigenvalue weighted by Gasteiger charge is 2.36. The fraction of sp³-hybridized carbons (Fsp3) is 0.700. The number of imidazole rings is 1. The third-order valence-electron chi connectivity index (χ3n) is 3.36. The maximum atomic E-state index is 5.82. The Morgan fingerprint density at radius 3 is 2.92 bits per heavy atom. The molecule has 13 heavy (non-hydrogen) atoms. The second-order valence-electron chi connectivity index (χ2n) is 4.07. The molecule has 0 bridgehead atoms. The summed E-state index contributed by atoms with van der Waals surface area (Å²) < 4.78 is 2.23. The third-order valence-corrected chi connectivity index (χ3v) is 3.63. The van der Waals surface area contributed by atoms with Crippen LogP contribution in [0.2, 0.25) is 0 Å². The number of aromatic nitrogens is 2. The summed E-state index contributed by atoms with van der Waals surface area (Å²) in [6.45, 7) is 4.61. The number of halogens is 1. The van der Waals surface area contributed by atoms with Crippen molar-refractivity contribution in [3.63, 3.8) is 0 Å². The molecule has 1 saturated carbocycles. The molecule has 1 fully saturated rings. The summed E-state index contributed by atoms with van der Waals surface area (Å²) in [4.78, 5) is 4.13. The molecular weight excluding hydrogens is 184 g/mol. The Morgan fingerprint density at radius 1 is 1.62 bits per heavy atom. The van der Waals surface area contributed by atoms with Crippen molar-refractivity contribution < 1.29 is 0 Å². The van der Waals surface area contributed by atoms with Crippen LogP contribution in [0.15, 0.2) is 12.5 Å². The van der Waals surface area contributed by atoms with Crippen LogP contribution in [-0.2, 0) is 5.88 Å². The van der Waals surface area contributed by atoms with Gasteiger partial charge in [0.15, 0.2) is 0 Å². The Balaban J connectivity index is 2.17. The molecule has 0 saturated heterocycles. The van der Waals surface area contributed by atoms with Gasteiger partial charge >= 0.3 is 0 Å². The van der Waals surface area contributed by atoms with Crippen LogP contribution >= 0.6 is 11.6 Å². The summed E-state index contributed by atoms with van der Waals surface area (Å²) in [5.74, 6) is 2.17. The molecule has 1 aromatic heterocycles. The largest absolute Gasteiger partial charge is 0.330 e. The first-order valence-corrected chi connectivity index (χ1v) is 5.34. The second-order valence-corrected chi connectivity index (χ2v) is 4.33. The molecule has 2 rings (SSSR count). The molecule has 0 aliphatic heterocycles. The van der Waals surface area contributed by atoms with Gasteiger partial charge in [0.25, 0.3) is 0 Å². The summed E-state index contributed by atoms with van der Waals surface area (Å²) >= 11 is 5.82. The molecule has 0 aromatic carbocycles. The van der Waals surface area contributed by atoms with E-state index in [-0.39, 0.29) is 0 Å². The van der Waals surface area contributed by atoms with E-state index in [1.807, 2.05) is 12.5 Å². The van der Waals surface area contributed by atoms with E-state index < -0.39 is 0 Å². The van der Waals surface area contributed by atoms with E-state index in [1.165, 1.54) is 6.42 Å². The Hall–Kier alpha value is -0.500. The van der Waals surface area contributed by atoms with Crippen LogP contribution in [0.25, 0.3) is 0 Å². The lowest BCUT2D eigenvalue weighted by Crippen LogP contribution is -2.35. The van der Waals surface area contributed by atoms with Crippen molar-refractivity contribution in [2.24, 2.45) is 11.8 Å². The molecule has 1 aliphatic rings. The zero-order chi connectivity index (χ0) is 9.42. The minimum absolute atomic E-state index is 0.567. The Labute approximate surface area is 83.9 Å². The van der Waals surface area contributed by atoms with Crippen LogP contribution in [0.1, 0.15) is 32.0 Å². The molecule has 3 unspecified atom stereocenters. The molecule has 0 radical (unpaired) electrons. The molecule has 0 N–H and O–H groups in total. The molecule has 1 aliphatic carbocycles. The van der Waals surface area contributed by atoms with Crippen LogP contribution in [0, 0.1) is 11.8 Å². The lowest BCUT2D eigenvalue weighted by molar-refractivity contribution is 0.110. The Bertz CT molecular complexity index is 295. The molecule has 1 aromatic rings. The van der Waals surface area contributed by atoms with E-state index in [1.54, 1.807) is 0 Å². The van der Waals surface area contributed by atoms with E-state index in [4.69, 9.17) is 11.6 Å². The fourth-order valence-corrected chi connectivity index (χ4v) is 2.30. The maximum absolute atomic E-state index is 5.82. The molecule has 3 heteroatoms. The normalized spacial score (nSPS) is 33.0. The number of alkyl halides is 1. The molecule has 0 spiro atoms. The number of hydrogen-bond donors (Lipinski definition) is 0. The summed E-state index contributed by atoms with van der Waals surface area (Å²) in [6, 6.07) is 0.631. The highest BCUT2D eigenvalue weighted by atomic mass is 35.5. The topological polar surface area (TPSA) is 17.8 Å². The SMILES string of the molecule is CC1CC(n2cncc2CCl)C1C. The molecule has 72 valence electrons. The van der Waals surface area contributed by atoms with Crippen molar-refractivity contribution in [2.45, 2.75) is 32.2 Å². The van der Waals surface area contributed by atoms with Gasteiger partial charge in [0.05, 0.1) is 17.9 Å². The van der Waals surface area contributed by atoms with Crippen LogP contribution in [-0.4, -0.2) is 9.55 Å². The standard InChI is InChI=1S/C10H15ClN2/c1-7-3-10(8(7)2)13-6-12-5-9(13)4-11/h5-8,10H,3-4H2,1-2H3. The Kier molecular flexibility index (Phi) is 2.33. The van der Waals surface area contributed by atoms with Gasteiger partial charge in [-0.25, -0.2) is 4.98 Å². The van der Waals surface area contributed by atoms with Crippen molar-refractivity contribution in [1.29, 1.82) is 0 Å². The minimum Gasteiger partial charge on any atom is -0.330 e. The van der Waals surface area contributed by atoms with Gasteiger partial charge in [-0.1, -0.05) is 13.8 Å². The van der Waals surface area contributed by atoms with Crippen LogP contribution in [0.5, 0.6) is 0 Å². The predicted molar refractivity (Wildman–Crippen MR) is 53.8 cm³/mol. The smallest absolute Gasteiger partial charge is 0.0951 e. The monoisotopic (exact) mass is 198 g/mol. The van der Waals surface area contributed by atoms with Crippen molar-refractivity contribution >= 4 is 11.6 Å². The molecular formula is C10H15ClN2. The summed E-state index contributed by atoms with van der Waals surface area (Å²) in [5, 5.41) is 0. The van der Waals surface area contributed by atoms with E-state index in [0.717, 1.165) is 17.5 Å². The van der Waals surface area contributed by atoms with Crippen molar-refractivity contribution in [2.75, 3.05) is 0 Å². The van der Waals surface area contributed by atoms with Gasteiger partial charge in [0.1, 0.15) is 0 Å². The average Bonchev–Trinajstić information content (AvgIpc) is 2.60. The molecule has 0 amide bonds. The van der Waals surface area contributed by atoms with Crippen LogP contribution in [0.4, 0.5) is 0 Å². The highest BCUT2D eigenvalue weighted by molar-refractivity contribution is 6.16. The molecule has 2 nitrogen and oxygen atoms in total. The number of rotatable bonds is 2. The molecule has 1 heterocycles. The van der Waals surface area contributed by atoms with Crippen molar-refractivity contribution in [3.8, 4) is 0 Å². The Morgan fingerprint density at radius 2 is 2.38 bits per heavy atom. The van der Waals surface area contributed by atoms with Crippen molar-refractivity contribution in [3.05, 3.63) is 18.2 Å². The van der Waals surface area contributed by atoms with Gasteiger partial charge in [0.2, 0.25) is 0 Å². The quantitative estimate of drug-likeness (QED) is 0.669. The summed E-state index contributed by atoms with van der Waals surface area (Å²) in [5.41, 5.74) is 1.14. The summed E-state index contributed by atoms with van der Waals surface area (Å²) in [6.07, 6.45) is 5.04. The van der Waals surface area contributed by atoms with Gasteiger partial charge in [-0.2, -0.15) is 0 Å². The van der Waals surface area contributed by atoms with Gasteiger partial charge in [-0.3, -0.25) is 0 Å². The maximum Gasteiger partial charge on any atom is 0.0951 e. The summed E-state index contributed by atoms with van der Waals surface area (Å²) in [7, 11) is 0.